The molecule has 0 fully saturated rings. The number of unbranched alkanes of at least 4 members (excludes halogenated alkanes) is 1. The van der Waals surface area contributed by atoms with Gasteiger partial charge in [-0.15, -0.1) is 11.8 Å². The molecule has 1 unspecified atom stereocenters. The molecule has 346 valence electrons. The van der Waals surface area contributed by atoms with Gasteiger partial charge in [0.15, 0.2) is 0 Å². The topological polar surface area (TPSA) is 259 Å². The highest BCUT2D eigenvalue weighted by molar-refractivity contribution is 8.00. The van der Waals surface area contributed by atoms with Crippen LogP contribution in [0.1, 0.15) is 99.3 Å². The molecule has 6 amide bonds. The summed E-state index contributed by atoms with van der Waals surface area (Å²) in [6.07, 6.45) is 1.82. The Morgan fingerprint density at radius 2 is 1.28 bits per heavy atom. The van der Waals surface area contributed by atoms with Gasteiger partial charge < -0.3 is 51.2 Å². The monoisotopic (exact) mass is 892 g/mol. The summed E-state index contributed by atoms with van der Waals surface area (Å²) in [5.41, 5.74) is -1.03. The summed E-state index contributed by atoms with van der Waals surface area (Å²) in [5, 5.41) is 32.4. The first-order valence-electron chi connectivity index (χ1n) is 20.8. The predicted molar refractivity (Wildman–Crippen MR) is 233 cm³/mol. The Bertz CT molecular complexity index is 1320. The van der Waals surface area contributed by atoms with Crippen LogP contribution in [-0.2, 0) is 47.8 Å². The summed E-state index contributed by atoms with van der Waals surface area (Å²) < 4.78 is 11.1. The molecule has 0 radical (unpaired) electrons. The van der Waals surface area contributed by atoms with Crippen LogP contribution in [-0.4, -0.2) is 157 Å². The molecule has 60 heavy (non-hydrogen) atoms. The van der Waals surface area contributed by atoms with E-state index in [9.17, 15) is 43.5 Å². The van der Waals surface area contributed by atoms with Crippen molar-refractivity contribution in [1.82, 2.24) is 31.5 Å². The zero-order valence-corrected chi connectivity index (χ0v) is 38.2. The third-order valence-electron chi connectivity index (χ3n) is 8.98. The molecule has 0 aromatic carbocycles. The molecule has 0 spiro atoms. The first-order valence-corrected chi connectivity index (χ1v) is 23.0. The van der Waals surface area contributed by atoms with Gasteiger partial charge in [-0.2, -0.15) is 11.8 Å². The summed E-state index contributed by atoms with van der Waals surface area (Å²) in [6.45, 7) is 14.2. The molecule has 0 aliphatic heterocycles. The molecule has 0 aliphatic carbocycles. The molecule has 0 saturated heterocycles. The summed E-state index contributed by atoms with van der Waals surface area (Å²) in [5.74, 6) is -2.04. The van der Waals surface area contributed by atoms with E-state index in [-0.39, 0.29) is 107 Å². The molecule has 0 aromatic rings. The standard InChI is InChI=1S/C40H72N6O12S2/c1-7-59-27-34(49)42-18-20-46(21-19-43-35(50)28-60-29(2)3)36(51)12-11-32(47)44-26-30(4)14-22-57-24-25-58-23-15-33(48)41-17-9-8-10-31(38(54)55)45-39(56)40(5,6)16-13-37(52)53/h29-31H,7-28H2,1-6H3,(H,41,48)(H,42,49)(H,43,50)(H,44,47)(H,45,56)(H,52,53)(H,54,55)/t30?,31-/m0/s1. The number of carboxylic acid groups (broad SMARTS) is 2. The van der Waals surface area contributed by atoms with Crippen LogP contribution in [0, 0.1) is 11.3 Å². The Balaban J connectivity index is 4.24. The van der Waals surface area contributed by atoms with Crippen LogP contribution in [0.25, 0.3) is 0 Å². The van der Waals surface area contributed by atoms with E-state index in [1.165, 1.54) is 23.5 Å². The summed E-state index contributed by atoms with van der Waals surface area (Å²) in [7, 11) is 0. The summed E-state index contributed by atoms with van der Waals surface area (Å²) in [4.78, 5) is 98.3. The lowest BCUT2D eigenvalue weighted by molar-refractivity contribution is -0.144. The zero-order chi connectivity index (χ0) is 45.3. The number of thioether (sulfide) groups is 2. The van der Waals surface area contributed by atoms with Crippen LogP contribution >= 0.6 is 23.5 Å². The number of carbonyl (C=O) groups excluding carboxylic acids is 6. The molecule has 0 aromatic heterocycles. The molecular formula is C40H72N6O12S2. The minimum Gasteiger partial charge on any atom is -0.481 e. The fourth-order valence-electron chi connectivity index (χ4n) is 5.12. The number of nitrogens with one attached hydrogen (secondary N) is 5. The van der Waals surface area contributed by atoms with Crippen LogP contribution in [0.5, 0.6) is 0 Å². The lowest BCUT2D eigenvalue weighted by Gasteiger charge is -2.25. The van der Waals surface area contributed by atoms with Crippen molar-refractivity contribution in [3.8, 4) is 0 Å². The van der Waals surface area contributed by atoms with Crippen molar-refractivity contribution in [3.05, 3.63) is 0 Å². The second-order valence-corrected chi connectivity index (χ2v) is 18.1. The normalized spacial score (nSPS) is 12.2. The number of aliphatic carboxylic acids is 2. The average molecular weight is 893 g/mol. The minimum absolute atomic E-state index is 0.00153. The largest absolute Gasteiger partial charge is 0.481 e. The van der Waals surface area contributed by atoms with Gasteiger partial charge in [-0.1, -0.05) is 41.5 Å². The van der Waals surface area contributed by atoms with E-state index >= 15 is 0 Å². The van der Waals surface area contributed by atoms with Gasteiger partial charge in [-0.25, -0.2) is 4.79 Å². The highest BCUT2D eigenvalue weighted by atomic mass is 32.2. The number of carboxylic acids is 2. The van der Waals surface area contributed by atoms with Gasteiger partial charge in [0, 0.05) is 77.0 Å². The van der Waals surface area contributed by atoms with E-state index in [1.807, 2.05) is 27.7 Å². The Hall–Kier alpha value is -3.62. The molecule has 0 saturated carbocycles. The fraction of sp³-hybridized carbons (Fsp3) is 0.800. The number of carbonyl (C=O) groups is 8. The minimum atomic E-state index is -1.18. The number of hydrogen-bond acceptors (Lipinski definition) is 12. The number of nitrogens with zero attached hydrogens (tertiary/aromatic N) is 1. The van der Waals surface area contributed by atoms with Crippen molar-refractivity contribution >= 4 is 70.9 Å². The second-order valence-electron chi connectivity index (χ2n) is 15.2. The van der Waals surface area contributed by atoms with Gasteiger partial charge in [0.25, 0.3) is 0 Å². The van der Waals surface area contributed by atoms with Crippen molar-refractivity contribution < 1.29 is 58.0 Å². The van der Waals surface area contributed by atoms with E-state index in [4.69, 9.17) is 14.6 Å². The van der Waals surface area contributed by atoms with Gasteiger partial charge in [-0.3, -0.25) is 33.6 Å². The Labute approximate surface area is 364 Å². The number of hydrogen-bond donors (Lipinski definition) is 7. The van der Waals surface area contributed by atoms with Crippen molar-refractivity contribution in [3.63, 3.8) is 0 Å². The van der Waals surface area contributed by atoms with Crippen LogP contribution in [0.2, 0.25) is 0 Å². The van der Waals surface area contributed by atoms with E-state index in [2.05, 4.69) is 26.6 Å². The molecule has 7 N–H and O–H groups in total. The van der Waals surface area contributed by atoms with Crippen molar-refractivity contribution in [1.29, 1.82) is 0 Å². The van der Waals surface area contributed by atoms with Crippen LogP contribution in [0.4, 0.5) is 0 Å². The van der Waals surface area contributed by atoms with E-state index < -0.39 is 29.3 Å². The van der Waals surface area contributed by atoms with Crippen molar-refractivity contribution in [2.24, 2.45) is 11.3 Å². The molecule has 0 rings (SSSR count). The average Bonchev–Trinajstić information content (AvgIpc) is 3.19. The fourth-order valence-corrected chi connectivity index (χ4v) is 6.20. The molecular weight excluding hydrogens is 821 g/mol. The summed E-state index contributed by atoms with van der Waals surface area (Å²) >= 11 is 3.03. The van der Waals surface area contributed by atoms with Crippen LogP contribution < -0.4 is 26.6 Å². The molecule has 18 nitrogen and oxygen atoms in total. The smallest absolute Gasteiger partial charge is 0.326 e. The maximum atomic E-state index is 13.0. The highest BCUT2D eigenvalue weighted by Gasteiger charge is 2.31. The van der Waals surface area contributed by atoms with E-state index in [0.29, 0.717) is 68.9 Å². The summed E-state index contributed by atoms with van der Waals surface area (Å²) in [6, 6.07) is -1.12. The number of amides is 6. The van der Waals surface area contributed by atoms with Crippen molar-refractivity contribution in [2.45, 2.75) is 111 Å². The Kier molecular flexibility index (Phi) is 32.0. The molecule has 2 atom stereocenters. The first kappa shape index (κ1) is 56.4. The van der Waals surface area contributed by atoms with Crippen LogP contribution in [0.15, 0.2) is 0 Å². The predicted octanol–water partition coefficient (Wildman–Crippen LogP) is 2.03. The zero-order valence-electron chi connectivity index (χ0n) is 36.5. The SMILES string of the molecule is CCSCC(=O)NCCN(CCNC(=O)CSC(C)C)C(=O)CCC(=O)NCC(C)CCOCCOCCC(=O)NCCCC[C@H](NC(=O)C(C)(C)CCC(=O)O)C(=O)O. The van der Waals surface area contributed by atoms with Gasteiger partial charge >= 0.3 is 11.9 Å². The molecule has 0 heterocycles. The maximum absolute atomic E-state index is 13.0. The van der Waals surface area contributed by atoms with Crippen molar-refractivity contribution in [2.75, 3.05) is 83.0 Å². The first-order chi connectivity index (χ1) is 28.4. The number of rotatable bonds is 37. The quantitative estimate of drug-likeness (QED) is 0.0441. The van der Waals surface area contributed by atoms with Crippen LogP contribution in [0.3, 0.4) is 0 Å². The molecule has 20 heteroatoms. The third kappa shape index (κ3) is 31.3. The lowest BCUT2D eigenvalue weighted by Crippen LogP contribution is -2.46. The van der Waals surface area contributed by atoms with Gasteiger partial charge in [0.05, 0.1) is 31.3 Å². The van der Waals surface area contributed by atoms with Gasteiger partial charge in [0.1, 0.15) is 6.04 Å². The second kappa shape index (κ2) is 34.0. The van der Waals surface area contributed by atoms with Gasteiger partial charge in [0.2, 0.25) is 35.4 Å². The highest BCUT2D eigenvalue weighted by Crippen LogP contribution is 2.23. The Morgan fingerprint density at radius 1 is 0.683 bits per heavy atom. The maximum Gasteiger partial charge on any atom is 0.326 e. The number of ether oxygens (including phenoxy) is 2. The molecule has 0 bridgehead atoms. The third-order valence-corrected chi connectivity index (χ3v) is 11.0. The molecule has 0 aliphatic rings. The van der Waals surface area contributed by atoms with E-state index in [0.717, 1.165) is 5.75 Å². The Morgan fingerprint density at radius 3 is 1.88 bits per heavy atom. The van der Waals surface area contributed by atoms with E-state index in [1.54, 1.807) is 18.7 Å². The van der Waals surface area contributed by atoms with Gasteiger partial charge in [-0.05, 0) is 49.0 Å². The lowest BCUT2D eigenvalue weighted by atomic mass is 9.86.